The van der Waals surface area contributed by atoms with Gasteiger partial charge in [0.25, 0.3) is 5.79 Å². The zero-order valence-corrected chi connectivity index (χ0v) is 33.9. The smallest absolute Gasteiger partial charge is 0.351 e. The highest BCUT2D eigenvalue weighted by molar-refractivity contribution is 5.84. The largest absolute Gasteiger partial charge is 0.459 e. The van der Waals surface area contributed by atoms with E-state index < -0.39 is 115 Å². The second-order valence-electron chi connectivity index (χ2n) is 17.7. The average molecular weight is 809 g/mol. The Hall–Kier alpha value is -2.22. The normalized spacial score (nSPS) is 51.1. The van der Waals surface area contributed by atoms with Crippen LogP contribution in [0.1, 0.15) is 86.0 Å². The van der Waals surface area contributed by atoms with Gasteiger partial charge >= 0.3 is 11.9 Å². The lowest BCUT2D eigenvalue weighted by Gasteiger charge is -2.51. The topological polar surface area (TPSA) is 196 Å². The minimum Gasteiger partial charge on any atom is -0.459 e. The predicted molar refractivity (Wildman–Crippen MR) is 194 cm³/mol. The molecular weight excluding hydrogens is 748 g/mol. The van der Waals surface area contributed by atoms with Gasteiger partial charge in [-0.3, -0.25) is 4.79 Å². The number of carbonyl (C=O) groups excluding carboxylic acids is 2. The number of aliphatic hydroxyl groups is 3. The highest BCUT2D eigenvalue weighted by Gasteiger charge is 2.63. The van der Waals surface area contributed by atoms with Gasteiger partial charge in [0, 0.05) is 40.4 Å². The molecule has 0 aromatic rings. The van der Waals surface area contributed by atoms with Gasteiger partial charge in [-0.2, -0.15) is 0 Å². The van der Waals surface area contributed by atoms with Crippen LogP contribution in [-0.4, -0.2) is 139 Å². The van der Waals surface area contributed by atoms with Crippen LogP contribution in [-0.2, 0) is 61.7 Å². The summed E-state index contributed by atoms with van der Waals surface area (Å²) in [5, 5.41) is 33.0. The molecule has 16 heteroatoms. The van der Waals surface area contributed by atoms with E-state index in [-0.39, 0.29) is 24.5 Å². The van der Waals surface area contributed by atoms with Crippen LogP contribution in [0.25, 0.3) is 0 Å². The van der Waals surface area contributed by atoms with Crippen LogP contribution in [0.3, 0.4) is 0 Å². The molecule has 1 saturated carbocycles. The lowest BCUT2D eigenvalue weighted by molar-refractivity contribution is -0.337. The summed E-state index contributed by atoms with van der Waals surface area (Å²) in [5.41, 5.74) is 1.52. The lowest BCUT2D eigenvalue weighted by atomic mass is 9.55. The highest BCUT2D eigenvalue weighted by Crippen LogP contribution is 2.57. The van der Waals surface area contributed by atoms with Gasteiger partial charge in [-0.25, -0.2) is 4.79 Å². The summed E-state index contributed by atoms with van der Waals surface area (Å²) >= 11 is 0. The van der Waals surface area contributed by atoms with Crippen LogP contribution in [0.15, 0.2) is 23.5 Å². The Morgan fingerprint density at radius 1 is 0.789 bits per heavy atom. The van der Waals surface area contributed by atoms with Crippen molar-refractivity contribution in [3.8, 4) is 0 Å². The molecule has 20 atom stereocenters. The third-order valence-electron chi connectivity index (χ3n) is 14.1. The predicted octanol–water partition coefficient (Wildman–Crippen LogP) is 2.53. The number of methoxy groups -OCH3 is 2. The number of fused-ring (bicyclic) bond motifs is 3. The summed E-state index contributed by atoms with van der Waals surface area (Å²) in [7, 11) is 3.16. The number of hydrogen-bond donors (Lipinski definition) is 3. The molecule has 2 aliphatic carbocycles. The Balaban J connectivity index is 0.871. The second-order valence-corrected chi connectivity index (χ2v) is 17.7. The molecule has 0 aromatic heterocycles. The Morgan fingerprint density at radius 3 is 2.16 bits per heavy atom. The fourth-order valence-electron chi connectivity index (χ4n) is 10.9. The van der Waals surface area contributed by atoms with E-state index >= 15 is 0 Å². The summed E-state index contributed by atoms with van der Waals surface area (Å²) in [6.45, 7) is 9.33. The first-order chi connectivity index (χ1) is 27.1. The van der Waals surface area contributed by atoms with E-state index in [0.29, 0.717) is 38.5 Å². The molecule has 6 heterocycles. The minimum absolute atomic E-state index is 0.160. The van der Waals surface area contributed by atoms with E-state index in [0.717, 1.165) is 17.6 Å². The Bertz CT molecular complexity index is 1560. The Kier molecular flexibility index (Phi) is 11.6. The average Bonchev–Trinajstić information content (AvgIpc) is 3.62. The van der Waals surface area contributed by atoms with E-state index in [4.69, 9.17) is 52.1 Å². The third kappa shape index (κ3) is 7.60. The third-order valence-corrected chi connectivity index (χ3v) is 14.1. The van der Waals surface area contributed by atoms with E-state index in [1.165, 1.54) is 7.11 Å². The number of aliphatic hydroxyl groups excluding tert-OH is 3. The van der Waals surface area contributed by atoms with Gasteiger partial charge in [-0.1, -0.05) is 18.6 Å². The zero-order valence-electron chi connectivity index (χ0n) is 33.9. The SMILES string of the molecule is CO[C@@H]1C[C@H](O[C@H]2[C@@H](O)C[C@H](O[C@@H]3[C@@H](C)O[C@@H](O[C@H]4CC[C@@]5(C)C(=C[C@H](O)C6C(=O)O[C@@H]7C(=O)O[C@]8(C)OC=C(CCC65)[C@H]78)C4)C[C@H]3OC)O[C@@H]2C)O[C@@H](C)[C@@H]1O. The molecule has 0 amide bonds. The molecule has 2 unspecified atom stereocenters. The van der Waals surface area contributed by atoms with Gasteiger partial charge in [0.05, 0.1) is 61.0 Å². The van der Waals surface area contributed by atoms with E-state index in [1.807, 2.05) is 13.8 Å². The monoisotopic (exact) mass is 808 g/mol. The van der Waals surface area contributed by atoms with Gasteiger partial charge in [-0.15, -0.1) is 0 Å². The molecule has 3 N–H and O–H groups in total. The van der Waals surface area contributed by atoms with Crippen molar-refractivity contribution < 1.29 is 77.0 Å². The fraction of sp³-hybridized carbons (Fsp3) is 0.854. The Morgan fingerprint density at radius 2 is 1.44 bits per heavy atom. The molecule has 8 aliphatic rings. The number of rotatable bonds is 8. The van der Waals surface area contributed by atoms with E-state index in [2.05, 4.69) is 6.92 Å². The summed E-state index contributed by atoms with van der Waals surface area (Å²) in [6.07, 6.45) is -2.00. The summed E-state index contributed by atoms with van der Waals surface area (Å²) in [5.74, 6) is -3.97. The van der Waals surface area contributed by atoms with Gasteiger partial charge in [0.15, 0.2) is 18.9 Å². The van der Waals surface area contributed by atoms with Crippen LogP contribution in [0.2, 0.25) is 0 Å². The van der Waals surface area contributed by atoms with Gasteiger partial charge in [0.2, 0.25) is 6.10 Å². The first-order valence-electron chi connectivity index (χ1n) is 20.7. The molecule has 5 saturated heterocycles. The quantitative estimate of drug-likeness (QED) is 0.239. The van der Waals surface area contributed by atoms with E-state index in [9.17, 15) is 24.9 Å². The minimum atomic E-state index is -1.20. The molecule has 6 fully saturated rings. The standard InChI is InChI=1S/C41H60O16/c1-18-34(44)27(47-6)15-31(50-18)54-35-19(2)51-29(14-26(35)43)55-36-20(3)52-30(16-28(36)48-7)53-23-10-11-40(4)22(12-23)13-25(42)32-24(40)9-8-21-17-49-41(5)33(21)37(39(46)57-41)56-38(32)45/h13,17-20,23-37,42-44H,8-12,14-16H2,1-7H3/t18-,19+,20+,23-,24?,25-,26-,27+,28+,29-,30-,31-,32?,33+,34-,35+,36+,37-,40-,41-/m0/s1. The zero-order chi connectivity index (χ0) is 40.6. The van der Waals surface area contributed by atoms with Gasteiger partial charge < -0.3 is 67.4 Å². The summed E-state index contributed by atoms with van der Waals surface area (Å²) in [6, 6.07) is 0. The van der Waals surface area contributed by atoms with E-state index in [1.54, 1.807) is 33.3 Å². The van der Waals surface area contributed by atoms with Crippen LogP contribution >= 0.6 is 0 Å². The van der Waals surface area contributed by atoms with Crippen molar-refractivity contribution in [2.75, 3.05) is 14.2 Å². The van der Waals surface area contributed by atoms with Crippen molar-refractivity contribution in [3.63, 3.8) is 0 Å². The molecular formula is C41H60O16. The molecule has 8 rings (SSSR count). The molecule has 0 radical (unpaired) electrons. The summed E-state index contributed by atoms with van der Waals surface area (Å²) in [4.78, 5) is 26.5. The molecule has 0 bridgehead atoms. The van der Waals surface area contributed by atoms with Crippen LogP contribution in [0.4, 0.5) is 0 Å². The first-order valence-corrected chi connectivity index (χ1v) is 20.7. The molecule has 320 valence electrons. The number of esters is 2. The van der Waals surface area contributed by atoms with Crippen LogP contribution < -0.4 is 0 Å². The molecule has 16 nitrogen and oxygen atoms in total. The van der Waals surface area contributed by atoms with Crippen molar-refractivity contribution in [2.45, 2.75) is 184 Å². The van der Waals surface area contributed by atoms with Crippen LogP contribution in [0.5, 0.6) is 0 Å². The van der Waals surface area contributed by atoms with Gasteiger partial charge in [0.1, 0.15) is 24.2 Å². The van der Waals surface area contributed by atoms with Crippen molar-refractivity contribution in [3.05, 3.63) is 23.5 Å². The maximum absolute atomic E-state index is 13.8. The maximum atomic E-state index is 13.8. The molecule has 57 heavy (non-hydrogen) atoms. The maximum Gasteiger partial charge on any atom is 0.351 e. The van der Waals surface area contributed by atoms with Crippen molar-refractivity contribution in [1.82, 2.24) is 0 Å². The molecule has 0 spiro atoms. The second kappa shape index (κ2) is 16.0. The highest BCUT2D eigenvalue weighted by atomic mass is 16.8. The first kappa shape index (κ1) is 41.5. The summed E-state index contributed by atoms with van der Waals surface area (Å²) < 4.78 is 66.1. The number of ether oxygens (including phenoxy) is 11. The lowest BCUT2D eigenvalue weighted by Crippen LogP contribution is -2.56. The number of hydrogen-bond acceptors (Lipinski definition) is 16. The molecule has 6 aliphatic heterocycles. The Labute approximate surface area is 333 Å². The van der Waals surface area contributed by atoms with Crippen molar-refractivity contribution >= 4 is 11.9 Å². The van der Waals surface area contributed by atoms with Gasteiger partial charge in [-0.05, 0) is 69.8 Å². The van der Waals surface area contributed by atoms with Crippen LogP contribution in [0, 0.1) is 23.2 Å². The fourth-order valence-corrected chi connectivity index (χ4v) is 10.9. The van der Waals surface area contributed by atoms with Crippen molar-refractivity contribution in [2.24, 2.45) is 23.2 Å². The number of carbonyl (C=O) groups is 2. The van der Waals surface area contributed by atoms with Crippen molar-refractivity contribution in [1.29, 1.82) is 0 Å². The molecule has 0 aromatic carbocycles.